The van der Waals surface area contributed by atoms with Crippen molar-refractivity contribution in [2.45, 2.75) is 37.7 Å². The van der Waals surface area contributed by atoms with Crippen LogP contribution in [0.3, 0.4) is 0 Å². The van der Waals surface area contributed by atoms with E-state index in [1.165, 1.54) is 37.7 Å². The van der Waals surface area contributed by atoms with E-state index in [-0.39, 0.29) is 5.60 Å². The maximum absolute atomic E-state index is 6.17. The average Bonchev–Trinajstić information content (AvgIpc) is 2.78. The van der Waals surface area contributed by atoms with Crippen molar-refractivity contribution in [1.29, 1.82) is 0 Å². The van der Waals surface area contributed by atoms with E-state index < -0.39 is 0 Å². The molecule has 0 spiro atoms. The first kappa shape index (κ1) is 12.2. The largest absolute Gasteiger partial charge is 0.359 e. The Morgan fingerprint density at radius 2 is 2.00 bits per heavy atom. The van der Waals surface area contributed by atoms with Gasteiger partial charge in [-0.1, -0.05) is 41.9 Å². The minimum Gasteiger partial charge on any atom is -0.359 e. The topological polar surface area (TPSA) is 9.23 Å². The van der Waals surface area contributed by atoms with Crippen LogP contribution >= 0.6 is 11.6 Å². The summed E-state index contributed by atoms with van der Waals surface area (Å²) >= 11 is 5.95. The predicted octanol–water partition coefficient (Wildman–Crippen LogP) is 4.25. The lowest BCUT2D eigenvalue weighted by atomic mass is 9.71. The first-order valence-corrected chi connectivity index (χ1v) is 8.09. The van der Waals surface area contributed by atoms with Crippen molar-refractivity contribution in [3.63, 3.8) is 0 Å². The van der Waals surface area contributed by atoms with Crippen LogP contribution in [0.25, 0.3) is 0 Å². The highest BCUT2D eigenvalue weighted by molar-refractivity contribution is 6.17. The molecular weight excluding hydrogens is 256 g/mol. The van der Waals surface area contributed by atoms with Crippen molar-refractivity contribution in [3.8, 4) is 0 Å². The highest BCUT2D eigenvalue weighted by atomic mass is 35.5. The van der Waals surface area contributed by atoms with Crippen molar-refractivity contribution >= 4 is 11.6 Å². The van der Waals surface area contributed by atoms with Gasteiger partial charge in [0, 0.05) is 0 Å². The zero-order chi connectivity index (χ0) is 12.9. The molecular formula is C17H21ClO. The Bertz CT molecular complexity index is 460. The van der Waals surface area contributed by atoms with E-state index in [9.17, 15) is 0 Å². The van der Waals surface area contributed by atoms with Gasteiger partial charge in [0.25, 0.3) is 0 Å². The molecule has 1 aromatic rings. The zero-order valence-electron chi connectivity index (χ0n) is 11.2. The van der Waals surface area contributed by atoms with Crippen LogP contribution in [0.5, 0.6) is 0 Å². The standard InChI is InChI=1S/C17H21ClO/c18-11-19-17-10-13-6-14(9-15(17)7-13)16(17)8-12-4-2-1-3-5-12/h1-5,13-16H,6-11H2. The summed E-state index contributed by atoms with van der Waals surface area (Å²) in [4.78, 5) is 0. The number of alkyl halides is 1. The molecule has 0 saturated heterocycles. The van der Waals surface area contributed by atoms with Gasteiger partial charge in [-0.3, -0.25) is 0 Å². The molecule has 19 heavy (non-hydrogen) atoms. The molecule has 102 valence electrons. The molecule has 4 aliphatic carbocycles. The summed E-state index contributed by atoms with van der Waals surface area (Å²) < 4.78 is 6.17. The van der Waals surface area contributed by atoms with Crippen LogP contribution in [-0.4, -0.2) is 11.7 Å². The van der Waals surface area contributed by atoms with E-state index in [0.717, 1.165) is 17.8 Å². The number of halogens is 1. The third-order valence-corrected chi connectivity index (χ3v) is 6.07. The van der Waals surface area contributed by atoms with E-state index >= 15 is 0 Å². The summed E-state index contributed by atoms with van der Waals surface area (Å²) in [6, 6.07) is 11.3. The van der Waals surface area contributed by atoms with E-state index in [4.69, 9.17) is 16.3 Å². The predicted molar refractivity (Wildman–Crippen MR) is 77.1 cm³/mol. The van der Waals surface area contributed by atoms with Gasteiger partial charge < -0.3 is 4.74 Å². The van der Waals surface area contributed by atoms with Crippen molar-refractivity contribution in [1.82, 2.24) is 0 Å². The number of hydrogen-bond acceptors (Lipinski definition) is 1. The average molecular weight is 277 g/mol. The first-order chi connectivity index (χ1) is 9.32. The molecule has 1 aromatic carbocycles. The van der Waals surface area contributed by atoms with E-state index in [0.29, 0.717) is 12.0 Å². The Kier molecular flexibility index (Phi) is 2.89. The van der Waals surface area contributed by atoms with E-state index in [1.54, 1.807) is 0 Å². The molecule has 4 saturated carbocycles. The lowest BCUT2D eigenvalue weighted by molar-refractivity contribution is -0.0856. The minimum absolute atomic E-state index is 0.116. The molecule has 1 nitrogen and oxygen atoms in total. The highest BCUT2D eigenvalue weighted by Gasteiger charge is 2.64. The normalized spacial score (nSPS) is 43.0. The Morgan fingerprint density at radius 1 is 1.16 bits per heavy atom. The summed E-state index contributed by atoms with van der Waals surface area (Å²) in [7, 11) is 0. The molecule has 0 aromatic heterocycles. The Morgan fingerprint density at radius 3 is 2.79 bits per heavy atom. The number of ether oxygens (including phenoxy) is 1. The van der Waals surface area contributed by atoms with Gasteiger partial charge in [-0.2, -0.15) is 0 Å². The van der Waals surface area contributed by atoms with E-state index in [2.05, 4.69) is 30.3 Å². The van der Waals surface area contributed by atoms with Crippen molar-refractivity contribution in [2.24, 2.45) is 23.7 Å². The Hall–Kier alpha value is -0.530. The quantitative estimate of drug-likeness (QED) is 0.747. The Balaban J connectivity index is 1.63. The van der Waals surface area contributed by atoms with Gasteiger partial charge in [-0.05, 0) is 61.3 Å². The first-order valence-electron chi connectivity index (χ1n) is 7.55. The molecule has 0 N–H and O–H groups in total. The molecule has 5 rings (SSSR count). The summed E-state index contributed by atoms with van der Waals surface area (Å²) in [6.07, 6.45) is 6.63. The van der Waals surface area contributed by atoms with Gasteiger partial charge in [0.1, 0.15) is 6.07 Å². The molecule has 4 fully saturated rings. The summed E-state index contributed by atoms with van der Waals surface area (Å²) in [6.45, 7) is 0. The van der Waals surface area contributed by atoms with Gasteiger partial charge in [-0.25, -0.2) is 0 Å². The van der Waals surface area contributed by atoms with Crippen LogP contribution in [0.4, 0.5) is 0 Å². The second-order valence-corrected chi connectivity index (χ2v) is 6.96. The van der Waals surface area contributed by atoms with Crippen molar-refractivity contribution in [3.05, 3.63) is 35.9 Å². The smallest absolute Gasteiger partial charge is 0.121 e. The molecule has 0 aliphatic heterocycles. The van der Waals surface area contributed by atoms with Gasteiger partial charge in [0.05, 0.1) is 5.60 Å². The van der Waals surface area contributed by atoms with Crippen LogP contribution in [0, 0.1) is 23.7 Å². The van der Waals surface area contributed by atoms with Gasteiger partial charge in [0.15, 0.2) is 0 Å². The number of hydrogen-bond donors (Lipinski definition) is 0. The third kappa shape index (κ3) is 1.78. The van der Waals surface area contributed by atoms with Gasteiger partial charge >= 0.3 is 0 Å². The fourth-order valence-electron chi connectivity index (χ4n) is 5.44. The molecule has 4 bridgehead atoms. The van der Waals surface area contributed by atoms with Crippen LogP contribution in [0.15, 0.2) is 30.3 Å². The highest BCUT2D eigenvalue weighted by Crippen LogP contribution is 2.65. The molecule has 5 atom stereocenters. The fourth-order valence-corrected chi connectivity index (χ4v) is 5.65. The van der Waals surface area contributed by atoms with Crippen LogP contribution in [0.1, 0.15) is 31.2 Å². The molecule has 4 aliphatic rings. The molecule has 5 unspecified atom stereocenters. The fraction of sp³-hybridized carbons (Fsp3) is 0.647. The van der Waals surface area contributed by atoms with Crippen molar-refractivity contribution in [2.75, 3.05) is 6.07 Å². The molecule has 0 amide bonds. The van der Waals surface area contributed by atoms with E-state index in [1.807, 2.05) is 0 Å². The summed E-state index contributed by atoms with van der Waals surface area (Å²) in [5, 5.41) is 0. The van der Waals surface area contributed by atoms with Crippen LogP contribution in [0.2, 0.25) is 0 Å². The number of rotatable bonds is 4. The molecule has 0 heterocycles. The minimum atomic E-state index is 0.116. The summed E-state index contributed by atoms with van der Waals surface area (Å²) in [5.41, 5.74) is 1.58. The van der Waals surface area contributed by atoms with Gasteiger partial charge in [-0.15, -0.1) is 0 Å². The van der Waals surface area contributed by atoms with Crippen LogP contribution < -0.4 is 0 Å². The second kappa shape index (κ2) is 4.49. The SMILES string of the molecule is ClCOC12CC3CC(CC1C3)C2Cc1ccccc1. The van der Waals surface area contributed by atoms with Crippen molar-refractivity contribution < 1.29 is 4.74 Å². The summed E-state index contributed by atoms with van der Waals surface area (Å²) in [5.74, 6) is 3.26. The number of benzene rings is 1. The maximum Gasteiger partial charge on any atom is 0.121 e. The maximum atomic E-state index is 6.17. The molecule has 2 heteroatoms. The van der Waals surface area contributed by atoms with Crippen LogP contribution in [-0.2, 0) is 11.2 Å². The lowest BCUT2D eigenvalue weighted by Crippen LogP contribution is -2.43. The monoisotopic (exact) mass is 276 g/mol. The third-order valence-electron chi connectivity index (χ3n) is 5.96. The second-order valence-electron chi connectivity index (χ2n) is 6.74. The lowest BCUT2D eigenvalue weighted by Gasteiger charge is -2.40. The zero-order valence-corrected chi connectivity index (χ0v) is 12.0. The molecule has 0 radical (unpaired) electrons. The Labute approximate surface area is 120 Å². The van der Waals surface area contributed by atoms with Gasteiger partial charge in [0.2, 0.25) is 0 Å².